The number of nitrogens with zero attached hydrogens (tertiary/aromatic N) is 5. The Kier molecular flexibility index (Phi) is 8.26. The topological polar surface area (TPSA) is 88.9 Å². The van der Waals surface area contributed by atoms with Crippen molar-refractivity contribution in [3.8, 4) is 0 Å². The van der Waals surface area contributed by atoms with E-state index in [4.69, 9.17) is 6.57 Å². The summed E-state index contributed by atoms with van der Waals surface area (Å²) in [7, 11) is 1.90. The highest BCUT2D eigenvalue weighted by molar-refractivity contribution is 7.19. The van der Waals surface area contributed by atoms with E-state index in [1.165, 1.54) is 6.20 Å². The van der Waals surface area contributed by atoms with Gasteiger partial charge in [-0.3, -0.25) is 9.59 Å². The van der Waals surface area contributed by atoms with Crippen LogP contribution in [0.3, 0.4) is 0 Å². The number of carbonyl (C=O) groups excluding carboxylic acids is 1. The molecule has 226 valence electrons. The van der Waals surface area contributed by atoms with Crippen molar-refractivity contribution in [3.05, 3.63) is 80.7 Å². The molecule has 15 heteroatoms. The molecule has 1 atom stereocenters. The Balaban J connectivity index is 1.58. The van der Waals surface area contributed by atoms with Crippen molar-refractivity contribution < 1.29 is 26.7 Å². The smallest absolute Gasteiger partial charge is 0.367 e. The van der Waals surface area contributed by atoms with E-state index in [1.54, 1.807) is 15.9 Å². The number of aromatic amines is 1. The Morgan fingerprint density at radius 2 is 1.98 bits per heavy atom. The molecule has 1 fully saturated rings. The molecule has 0 saturated carbocycles. The zero-order chi connectivity index (χ0) is 31.1. The van der Waals surface area contributed by atoms with Gasteiger partial charge < -0.3 is 25.0 Å². The molecule has 4 heterocycles. The second kappa shape index (κ2) is 11.8. The largest absolute Gasteiger partial charge is 0.417 e. The molecule has 2 aliphatic heterocycles. The van der Waals surface area contributed by atoms with E-state index in [2.05, 4.69) is 20.1 Å². The van der Waals surface area contributed by atoms with Crippen molar-refractivity contribution in [2.24, 2.45) is 0 Å². The highest BCUT2D eigenvalue weighted by Gasteiger charge is 2.37. The van der Waals surface area contributed by atoms with Gasteiger partial charge in [-0.25, -0.2) is 18.6 Å². The summed E-state index contributed by atoms with van der Waals surface area (Å²) in [6, 6.07) is 1.32. The van der Waals surface area contributed by atoms with Gasteiger partial charge in [0.1, 0.15) is 11.5 Å². The molecule has 5 rings (SSSR count). The summed E-state index contributed by atoms with van der Waals surface area (Å²) >= 11 is 1.14. The quantitative estimate of drug-likeness (QED) is 0.295. The molecule has 0 bridgehead atoms. The summed E-state index contributed by atoms with van der Waals surface area (Å²) in [5.74, 6) is -3.36. The highest BCUT2D eigenvalue weighted by Crippen LogP contribution is 2.40. The number of H-pyrrole nitrogens is 1. The van der Waals surface area contributed by atoms with E-state index in [1.807, 2.05) is 18.9 Å². The van der Waals surface area contributed by atoms with Crippen LogP contribution in [0.25, 0.3) is 10.4 Å². The Morgan fingerprint density at radius 3 is 2.65 bits per heavy atom. The molecule has 0 unspecified atom stereocenters. The first-order valence-corrected chi connectivity index (χ1v) is 14.0. The molecule has 9 nitrogen and oxygen atoms in total. The number of pyridine rings is 1. The number of hydrogen-bond acceptors (Lipinski definition) is 7. The Labute approximate surface area is 247 Å². The van der Waals surface area contributed by atoms with Crippen LogP contribution < -0.4 is 20.7 Å². The van der Waals surface area contributed by atoms with Crippen LogP contribution in [0.5, 0.6) is 0 Å². The minimum Gasteiger partial charge on any atom is -0.367 e. The minimum absolute atomic E-state index is 0.0140. The average Bonchev–Trinajstić information content (AvgIpc) is 3.45. The zero-order valence-corrected chi connectivity index (χ0v) is 23.9. The zero-order valence-electron chi connectivity index (χ0n) is 23.1. The number of rotatable bonds is 5. The monoisotopic (exact) mass is 619 g/mol. The van der Waals surface area contributed by atoms with Crippen LogP contribution in [0.2, 0.25) is 0 Å². The van der Waals surface area contributed by atoms with Crippen molar-refractivity contribution >= 4 is 44.3 Å². The van der Waals surface area contributed by atoms with Crippen molar-refractivity contribution in [1.82, 2.24) is 14.9 Å². The molecule has 0 radical (unpaired) electrons. The molecule has 1 saturated heterocycles. The molecule has 2 aliphatic rings. The van der Waals surface area contributed by atoms with Crippen LogP contribution in [-0.4, -0.2) is 66.6 Å². The Bertz CT molecular complexity index is 1690. The van der Waals surface area contributed by atoms with Crippen LogP contribution in [0.1, 0.15) is 34.8 Å². The van der Waals surface area contributed by atoms with Gasteiger partial charge in [-0.2, -0.15) is 13.2 Å². The third-order valence-electron chi connectivity index (χ3n) is 7.54. The normalized spacial score (nSPS) is 17.9. The first-order valence-electron chi connectivity index (χ1n) is 13.2. The van der Waals surface area contributed by atoms with Crippen LogP contribution in [0.4, 0.5) is 43.5 Å². The molecule has 0 spiro atoms. The number of piperazine rings is 1. The van der Waals surface area contributed by atoms with Crippen LogP contribution in [0.15, 0.2) is 35.4 Å². The fourth-order valence-corrected chi connectivity index (χ4v) is 5.88. The van der Waals surface area contributed by atoms with Crippen molar-refractivity contribution in [3.63, 3.8) is 0 Å². The van der Waals surface area contributed by atoms with Gasteiger partial charge in [-0.15, -0.1) is 11.3 Å². The summed E-state index contributed by atoms with van der Waals surface area (Å²) in [6.45, 7) is 10.9. The molecule has 2 aromatic heterocycles. The summed E-state index contributed by atoms with van der Waals surface area (Å²) in [5, 5.41) is 3.14. The first-order chi connectivity index (χ1) is 20.4. The predicted octanol–water partition coefficient (Wildman–Crippen LogP) is 5.37. The number of carbonyl (C=O) groups is 1. The summed E-state index contributed by atoms with van der Waals surface area (Å²) in [6.07, 6.45) is -0.936. The number of alkyl halides is 3. The van der Waals surface area contributed by atoms with Gasteiger partial charge in [0.25, 0.3) is 10.9 Å². The number of halogens is 5. The average molecular weight is 620 g/mol. The second-order valence-electron chi connectivity index (χ2n) is 10.3. The van der Waals surface area contributed by atoms with Gasteiger partial charge in [0.15, 0.2) is 10.9 Å². The molecular weight excluding hydrogens is 593 g/mol. The number of thiazole rings is 1. The van der Waals surface area contributed by atoms with Gasteiger partial charge in [0.05, 0.1) is 28.9 Å². The number of aromatic nitrogens is 2. The lowest BCUT2D eigenvalue weighted by atomic mass is 9.97. The molecule has 0 aliphatic carbocycles. The van der Waals surface area contributed by atoms with E-state index in [0.29, 0.717) is 48.9 Å². The van der Waals surface area contributed by atoms with Gasteiger partial charge in [-0.1, -0.05) is 6.08 Å². The SMILES string of the molecule is [C-]#[N+]c1cnc(N2CCC=C(c3c(F)cc(N4CCN(C)[C@@H](C)C4)c(NC(=O)c4c[nH]c(=O)cc4C(F)(F)F)c3F)C2)s1. The van der Waals surface area contributed by atoms with E-state index in [9.17, 15) is 22.8 Å². The second-order valence-corrected chi connectivity index (χ2v) is 11.3. The maximum absolute atomic E-state index is 16.5. The Morgan fingerprint density at radius 1 is 1.21 bits per heavy atom. The van der Waals surface area contributed by atoms with Crippen molar-refractivity contribution in [1.29, 1.82) is 0 Å². The molecule has 1 amide bonds. The third kappa shape index (κ3) is 6.11. The maximum atomic E-state index is 16.5. The van der Waals surface area contributed by atoms with Crippen molar-refractivity contribution in [2.45, 2.75) is 25.6 Å². The standard InChI is InChI=1S/C28H26F5N7O2S/c1-15-13-39(8-7-38(15)3)20-10-19(29)23(16-5-4-6-40(14-16)27-36-12-22(34-2)43-27)24(30)25(20)37-26(42)17-11-35-21(41)9-18(17)28(31,32)33/h5,9-12,15H,4,6-8,13-14H2,1,3H3,(H,35,41)(H,37,42)/t15-/m0/s1. The molecular formula is C28H26F5N7O2S. The van der Waals surface area contributed by atoms with Crippen molar-refractivity contribution in [2.75, 3.05) is 54.9 Å². The maximum Gasteiger partial charge on any atom is 0.417 e. The van der Waals surface area contributed by atoms with Gasteiger partial charge in [0, 0.05) is 63.3 Å². The number of hydrogen-bond donors (Lipinski definition) is 2. The molecule has 1 aromatic carbocycles. The lowest BCUT2D eigenvalue weighted by Crippen LogP contribution is -2.50. The predicted molar refractivity (Wildman–Crippen MR) is 154 cm³/mol. The summed E-state index contributed by atoms with van der Waals surface area (Å²) in [4.78, 5) is 40.0. The first kappa shape index (κ1) is 30.2. The number of amides is 1. The van der Waals surface area contributed by atoms with E-state index < -0.39 is 51.7 Å². The van der Waals surface area contributed by atoms with Gasteiger partial charge in [-0.05, 0) is 26.0 Å². The van der Waals surface area contributed by atoms with Gasteiger partial charge >= 0.3 is 6.18 Å². The fraction of sp³-hybridized carbons (Fsp3) is 0.357. The number of anilines is 3. The van der Waals surface area contributed by atoms with Crippen LogP contribution in [0, 0.1) is 18.2 Å². The third-order valence-corrected chi connectivity index (χ3v) is 8.50. The highest BCUT2D eigenvalue weighted by atomic mass is 32.1. The van der Waals surface area contributed by atoms with E-state index in [-0.39, 0.29) is 29.9 Å². The Hall–Kier alpha value is -4.29. The summed E-state index contributed by atoms with van der Waals surface area (Å²) in [5.41, 5.74) is -4.12. The molecule has 2 N–H and O–H groups in total. The van der Waals surface area contributed by atoms with E-state index >= 15 is 8.78 Å². The number of benzene rings is 1. The summed E-state index contributed by atoms with van der Waals surface area (Å²) < 4.78 is 73.5. The molecule has 3 aromatic rings. The number of nitrogens with one attached hydrogen (secondary N) is 2. The van der Waals surface area contributed by atoms with Crippen LogP contribution >= 0.6 is 11.3 Å². The number of likely N-dealkylation sites (N-methyl/N-ethyl adjacent to an activating group) is 1. The van der Waals surface area contributed by atoms with E-state index in [0.717, 1.165) is 17.4 Å². The minimum atomic E-state index is -5.04. The fourth-order valence-electron chi connectivity index (χ4n) is 5.15. The van der Waals surface area contributed by atoms with Gasteiger partial charge in [0.2, 0.25) is 5.56 Å². The van der Waals surface area contributed by atoms with Crippen LogP contribution in [-0.2, 0) is 6.18 Å². The molecule has 43 heavy (non-hydrogen) atoms. The lowest BCUT2D eigenvalue weighted by Gasteiger charge is -2.40. The lowest BCUT2D eigenvalue weighted by molar-refractivity contribution is -0.138.